The summed E-state index contributed by atoms with van der Waals surface area (Å²) in [6, 6.07) is 0.146. The second-order valence-corrected chi connectivity index (χ2v) is 5.43. The Morgan fingerprint density at radius 1 is 1.39 bits per heavy atom. The molecule has 2 N–H and O–H groups in total. The van der Waals surface area contributed by atoms with E-state index < -0.39 is 0 Å². The second-order valence-electron chi connectivity index (χ2n) is 5.43. The first-order chi connectivity index (χ1) is 8.59. The van der Waals surface area contributed by atoms with Gasteiger partial charge in [-0.1, -0.05) is 0 Å². The first-order valence-corrected chi connectivity index (χ1v) is 6.92. The summed E-state index contributed by atoms with van der Waals surface area (Å²) in [6.45, 7) is 3.70. The Labute approximate surface area is 108 Å². The lowest BCUT2D eigenvalue weighted by Gasteiger charge is -2.38. The molecule has 18 heavy (non-hydrogen) atoms. The summed E-state index contributed by atoms with van der Waals surface area (Å²) >= 11 is 0. The van der Waals surface area contributed by atoms with Crippen molar-refractivity contribution in [3.63, 3.8) is 0 Å². The van der Waals surface area contributed by atoms with Crippen LogP contribution >= 0.6 is 0 Å². The molecule has 0 radical (unpaired) electrons. The van der Waals surface area contributed by atoms with E-state index in [-0.39, 0.29) is 30.4 Å². The second kappa shape index (κ2) is 5.69. The molecule has 0 aliphatic carbocycles. The summed E-state index contributed by atoms with van der Waals surface area (Å²) in [5.74, 6) is 0.171. The van der Waals surface area contributed by atoms with Gasteiger partial charge in [-0.3, -0.25) is 9.59 Å². The lowest BCUT2D eigenvalue weighted by Crippen LogP contribution is -2.54. The molecule has 2 amide bonds. The van der Waals surface area contributed by atoms with Gasteiger partial charge in [-0.25, -0.2) is 0 Å². The summed E-state index contributed by atoms with van der Waals surface area (Å²) in [5, 5.41) is 0. The first-order valence-electron chi connectivity index (χ1n) is 6.92. The Morgan fingerprint density at radius 2 is 2.17 bits per heavy atom. The predicted molar refractivity (Wildman–Crippen MR) is 68.8 cm³/mol. The molecule has 0 spiro atoms. The minimum Gasteiger partial charge on any atom is -0.337 e. The molecule has 2 rings (SSSR count). The number of likely N-dealkylation sites (tertiary alicyclic amines) is 2. The Balaban J connectivity index is 1.95. The lowest BCUT2D eigenvalue weighted by atomic mass is 9.97. The Bertz CT molecular complexity index is 330. The monoisotopic (exact) mass is 253 g/mol. The molecular weight excluding hydrogens is 230 g/mol. The highest BCUT2D eigenvalue weighted by atomic mass is 16.2. The number of carbonyl (C=O) groups is 2. The van der Waals surface area contributed by atoms with Gasteiger partial charge in [-0.2, -0.15) is 0 Å². The molecule has 5 heteroatoms. The largest absolute Gasteiger partial charge is 0.337 e. The molecule has 2 atom stereocenters. The van der Waals surface area contributed by atoms with Crippen molar-refractivity contribution in [1.29, 1.82) is 0 Å². The van der Waals surface area contributed by atoms with E-state index >= 15 is 0 Å². The molecule has 2 aliphatic heterocycles. The molecular formula is C13H23N3O2. The van der Waals surface area contributed by atoms with Gasteiger partial charge in [0.15, 0.2) is 0 Å². The van der Waals surface area contributed by atoms with Crippen LogP contribution in [-0.2, 0) is 9.59 Å². The number of nitrogens with two attached hydrogens (primary N) is 1. The molecule has 0 aromatic heterocycles. The van der Waals surface area contributed by atoms with E-state index in [1.165, 1.54) is 0 Å². The fourth-order valence-corrected chi connectivity index (χ4v) is 2.94. The van der Waals surface area contributed by atoms with Gasteiger partial charge in [0.1, 0.15) is 0 Å². The van der Waals surface area contributed by atoms with E-state index in [1.54, 1.807) is 4.90 Å². The van der Waals surface area contributed by atoms with Crippen LogP contribution in [0.2, 0.25) is 0 Å². The number of carbonyl (C=O) groups excluding carboxylic acids is 2. The maximum absolute atomic E-state index is 12.3. The quantitative estimate of drug-likeness (QED) is 0.788. The fraction of sp³-hybridized carbons (Fsp3) is 0.846. The van der Waals surface area contributed by atoms with Crippen LogP contribution in [0.5, 0.6) is 0 Å². The lowest BCUT2D eigenvalue weighted by molar-refractivity contribution is -0.141. The van der Waals surface area contributed by atoms with E-state index in [0.717, 1.165) is 38.8 Å². The number of nitrogens with zero attached hydrogens (tertiary/aromatic N) is 2. The maximum atomic E-state index is 12.3. The number of rotatable bonds is 3. The molecule has 2 heterocycles. The SMILES string of the molecule is C[C@H](N)[C@H]1CCCCN1C(=O)CN1CCCC1=O. The fourth-order valence-electron chi connectivity index (χ4n) is 2.94. The molecule has 0 unspecified atom stereocenters. The van der Waals surface area contributed by atoms with Crippen molar-refractivity contribution in [3.05, 3.63) is 0 Å². The average molecular weight is 253 g/mol. The van der Waals surface area contributed by atoms with Gasteiger partial charge in [-0.05, 0) is 32.6 Å². The van der Waals surface area contributed by atoms with E-state index in [1.807, 2.05) is 11.8 Å². The molecule has 2 saturated heterocycles. The van der Waals surface area contributed by atoms with Crippen LogP contribution in [0.3, 0.4) is 0 Å². The molecule has 2 aliphatic rings. The van der Waals surface area contributed by atoms with Crippen molar-refractivity contribution < 1.29 is 9.59 Å². The van der Waals surface area contributed by atoms with E-state index in [2.05, 4.69) is 0 Å². The summed E-state index contributed by atoms with van der Waals surface area (Å²) < 4.78 is 0. The molecule has 0 aromatic carbocycles. The summed E-state index contributed by atoms with van der Waals surface area (Å²) in [7, 11) is 0. The van der Waals surface area contributed by atoms with Crippen molar-refractivity contribution in [2.24, 2.45) is 5.73 Å². The van der Waals surface area contributed by atoms with Gasteiger partial charge in [-0.15, -0.1) is 0 Å². The van der Waals surface area contributed by atoms with Crippen molar-refractivity contribution in [2.45, 2.75) is 51.1 Å². The maximum Gasteiger partial charge on any atom is 0.242 e. The van der Waals surface area contributed by atoms with Crippen LogP contribution in [0, 0.1) is 0 Å². The third kappa shape index (κ3) is 2.83. The molecule has 0 saturated carbocycles. The van der Waals surface area contributed by atoms with Gasteiger partial charge >= 0.3 is 0 Å². The van der Waals surface area contributed by atoms with Gasteiger partial charge in [0.05, 0.1) is 6.54 Å². The Morgan fingerprint density at radius 3 is 2.78 bits per heavy atom. The standard InChI is InChI=1S/C13H23N3O2/c1-10(14)11-5-2-3-8-16(11)13(18)9-15-7-4-6-12(15)17/h10-11H,2-9,14H2,1H3/t10-,11+/m0/s1. The van der Waals surface area contributed by atoms with Crippen LogP contribution < -0.4 is 5.73 Å². The van der Waals surface area contributed by atoms with Crippen molar-refractivity contribution >= 4 is 11.8 Å². The van der Waals surface area contributed by atoms with E-state index in [0.29, 0.717) is 6.42 Å². The van der Waals surface area contributed by atoms with Gasteiger partial charge < -0.3 is 15.5 Å². The van der Waals surface area contributed by atoms with Crippen molar-refractivity contribution in [1.82, 2.24) is 9.80 Å². The normalized spacial score (nSPS) is 26.6. The Hall–Kier alpha value is -1.10. The summed E-state index contributed by atoms with van der Waals surface area (Å²) in [4.78, 5) is 27.4. The predicted octanol–water partition coefficient (Wildman–Crippen LogP) is 0.337. The summed E-state index contributed by atoms with van der Waals surface area (Å²) in [6.07, 6.45) is 4.63. The minimum atomic E-state index is 0.00327. The molecule has 2 fully saturated rings. The highest BCUT2D eigenvalue weighted by Crippen LogP contribution is 2.20. The van der Waals surface area contributed by atoms with Gasteiger partial charge in [0.2, 0.25) is 11.8 Å². The minimum absolute atomic E-state index is 0.00327. The zero-order chi connectivity index (χ0) is 13.1. The zero-order valence-electron chi connectivity index (χ0n) is 11.1. The third-order valence-electron chi connectivity index (χ3n) is 3.97. The topological polar surface area (TPSA) is 66.6 Å². The highest BCUT2D eigenvalue weighted by molar-refractivity contribution is 5.86. The van der Waals surface area contributed by atoms with Crippen molar-refractivity contribution in [3.8, 4) is 0 Å². The van der Waals surface area contributed by atoms with Crippen LogP contribution in [0.4, 0.5) is 0 Å². The van der Waals surface area contributed by atoms with E-state index in [9.17, 15) is 9.59 Å². The van der Waals surface area contributed by atoms with Crippen LogP contribution in [0.25, 0.3) is 0 Å². The van der Waals surface area contributed by atoms with Crippen molar-refractivity contribution in [2.75, 3.05) is 19.6 Å². The molecule has 102 valence electrons. The van der Waals surface area contributed by atoms with Gasteiger partial charge in [0.25, 0.3) is 0 Å². The van der Waals surface area contributed by atoms with E-state index in [4.69, 9.17) is 5.73 Å². The third-order valence-corrected chi connectivity index (χ3v) is 3.97. The summed E-state index contributed by atoms with van der Waals surface area (Å²) in [5.41, 5.74) is 5.96. The number of piperidine rings is 1. The molecule has 0 aromatic rings. The number of amides is 2. The smallest absolute Gasteiger partial charge is 0.242 e. The van der Waals surface area contributed by atoms with Crippen LogP contribution in [-0.4, -0.2) is 53.3 Å². The highest BCUT2D eigenvalue weighted by Gasteiger charge is 2.31. The zero-order valence-corrected chi connectivity index (χ0v) is 11.1. The molecule has 5 nitrogen and oxygen atoms in total. The Kier molecular flexibility index (Phi) is 4.22. The van der Waals surface area contributed by atoms with Gasteiger partial charge in [0, 0.05) is 31.6 Å². The first kappa shape index (κ1) is 13.3. The van der Waals surface area contributed by atoms with Crippen LogP contribution in [0.1, 0.15) is 39.0 Å². The van der Waals surface area contributed by atoms with Crippen LogP contribution in [0.15, 0.2) is 0 Å². The average Bonchev–Trinajstić information content (AvgIpc) is 2.75. The molecule has 0 bridgehead atoms. The number of hydrogen-bond donors (Lipinski definition) is 1. The number of hydrogen-bond acceptors (Lipinski definition) is 3.